The number of carbonyl (C=O) groups is 2. The van der Waals surface area contributed by atoms with Crippen LogP contribution in [0.2, 0.25) is 0 Å². The summed E-state index contributed by atoms with van der Waals surface area (Å²) in [6.07, 6.45) is 5.10. The van der Waals surface area contributed by atoms with Gasteiger partial charge >= 0.3 is 0 Å². The maximum Gasteiger partial charge on any atom is 0.251 e. The number of carbonyl (C=O) groups excluding carboxylic acids is 2. The summed E-state index contributed by atoms with van der Waals surface area (Å²) in [6.45, 7) is 2.37. The van der Waals surface area contributed by atoms with Crippen molar-refractivity contribution in [2.75, 3.05) is 7.05 Å². The molecule has 2 N–H and O–H groups in total. The lowest BCUT2D eigenvalue weighted by Crippen LogP contribution is -2.20. The molecular formula is C20H20N4O2. The second kappa shape index (κ2) is 7.65. The Bertz CT molecular complexity index is 971. The zero-order valence-electron chi connectivity index (χ0n) is 14.7. The van der Waals surface area contributed by atoms with Crippen LogP contribution in [0.15, 0.2) is 54.7 Å². The number of aryl methyl sites for hydroxylation is 1. The van der Waals surface area contributed by atoms with Gasteiger partial charge in [0, 0.05) is 30.6 Å². The van der Waals surface area contributed by atoms with Gasteiger partial charge in [0.2, 0.25) is 5.91 Å². The first kappa shape index (κ1) is 17.4. The minimum Gasteiger partial charge on any atom is -0.355 e. The third-order valence-electron chi connectivity index (χ3n) is 4.02. The number of imidazole rings is 1. The van der Waals surface area contributed by atoms with Gasteiger partial charge in [0.05, 0.1) is 12.2 Å². The van der Waals surface area contributed by atoms with Crippen LogP contribution in [0.3, 0.4) is 0 Å². The van der Waals surface area contributed by atoms with Crippen LogP contribution in [0.25, 0.3) is 11.7 Å². The van der Waals surface area contributed by atoms with E-state index in [4.69, 9.17) is 0 Å². The van der Waals surface area contributed by atoms with Crippen molar-refractivity contribution in [3.8, 4) is 0 Å². The first-order valence-electron chi connectivity index (χ1n) is 8.28. The number of fused-ring (bicyclic) bond motifs is 1. The van der Waals surface area contributed by atoms with Crippen molar-refractivity contribution in [3.63, 3.8) is 0 Å². The fourth-order valence-electron chi connectivity index (χ4n) is 2.58. The molecule has 0 spiro atoms. The Balaban J connectivity index is 1.58. The smallest absolute Gasteiger partial charge is 0.251 e. The minimum absolute atomic E-state index is 0.138. The molecule has 1 aromatic carbocycles. The van der Waals surface area contributed by atoms with Gasteiger partial charge in [0.1, 0.15) is 5.65 Å². The van der Waals surface area contributed by atoms with Gasteiger partial charge < -0.3 is 15.0 Å². The summed E-state index contributed by atoms with van der Waals surface area (Å²) in [5.74, 6) is -0.338. The molecule has 3 rings (SSSR count). The van der Waals surface area contributed by atoms with E-state index < -0.39 is 0 Å². The largest absolute Gasteiger partial charge is 0.355 e. The number of aromatic nitrogens is 2. The number of amides is 2. The number of rotatable bonds is 5. The van der Waals surface area contributed by atoms with Crippen molar-refractivity contribution in [1.29, 1.82) is 0 Å². The minimum atomic E-state index is -0.200. The average molecular weight is 348 g/mol. The van der Waals surface area contributed by atoms with Crippen LogP contribution in [0.4, 0.5) is 0 Å². The van der Waals surface area contributed by atoms with Crippen LogP contribution >= 0.6 is 0 Å². The molecule has 0 unspecified atom stereocenters. The number of nitrogens with zero attached hydrogens (tertiary/aromatic N) is 2. The Hall–Kier alpha value is -3.41. The normalized spacial score (nSPS) is 11.0. The highest BCUT2D eigenvalue weighted by Crippen LogP contribution is 2.09. The molecule has 0 aliphatic carbocycles. The molecule has 2 amide bonds. The maximum atomic E-state index is 12.0. The molecule has 2 aromatic heterocycles. The van der Waals surface area contributed by atoms with E-state index in [0.717, 1.165) is 22.6 Å². The highest BCUT2D eigenvalue weighted by Gasteiger charge is 2.04. The van der Waals surface area contributed by atoms with Crippen LogP contribution < -0.4 is 10.6 Å². The van der Waals surface area contributed by atoms with Crippen molar-refractivity contribution in [2.24, 2.45) is 0 Å². The van der Waals surface area contributed by atoms with Crippen LogP contribution in [0.5, 0.6) is 0 Å². The molecule has 6 heteroatoms. The zero-order valence-corrected chi connectivity index (χ0v) is 14.7. The van der Waals surface area contributed by atoms with Crippen molar-refractivity contribution >= 4 is 23.5 Å². The number of nitrogens with one attached hydrogen (secondary N) is 2. The summed E-state index contributed by atoms with van der Waals surface area (Å²) < 4.78 is 1.99. The van der Waals surface area contributed by atoms with Crippen molar-refractivity contribution in [1.82, 2.24) is 20.0 Å². The lowest BCUT2D eigenvalue weighted by Gasteiger charge is -2.00. The second-order valence-corrected chi connectivity index (χ2v) is 5.88. The van der Waals surface area contributed by atoms with Crippen molar-refractivity contribution in [2.45, 2.75) is 13.5 Å². The summed E-state index contributed by atoms with van der Waals surface area (Å²) in [5, 5.41) is 5.39. The van der Waals surface area contributed by atoms with Gasteiger partial charge in [-0.3, -0.25) is 9.59 Å². The average Bonchev–Trinajstić information content (AvgIpc) is 3.09. The predicted octanol–water partition coefficient (Wildman–Crippen LogP) is 2.33. The summed E-state index contributed by atoms with van der Waals surface area (Å²) >= 11 is 0. The molecule has 0 aliphatic rings. The highest BCUT2D eigenvalue weighted by molar-refractivity contribution is 5.94. The first-order valence-corrected chi connectivity index (χ1v) is 8.28. The number of hydrogen-bond acceptors (Lipinski definition) is 3. The van der Waals surface area contributed by atoms with E-state index in [-0.39, 0.29) is 11.8 Å². The van der Waals surface area contributed by atoms with Crippen LogP contribution in [-0.4, -0.2) is 28.2 Å². The van der Waals surface area contributed by atoms with E-state index in [2.05, 4.69) is 15.6 Å². The third kappa shape index (κ3) is 3.97. The Morgan fingerprint density at radius 2 is 1.92 bits per heavy atom. The molecule has 6 nitrogen and oxygen atoms in total. The van der Waals surface area contributed by atoms with Gasteiger partial charge in [-0.1, -0.05) is 18.2 Å². The van der Waals surface area contributed by atoms with E-state index in [9.17, 15) is 9.59 Å². The molecule has 0 radical (unpaired) electrons. The van der Waals surface area contributed by atoms with Crippen LogP contribution in [0.1, 0.15) is 27.3 Å². The molecule has 132 valence electrons. The van der Waals surface area contributed by atoms with Gasteiger partial charge in [-0.15, -0.1) is 0 Å². The Kier molecular flexibility index (Phi) is 5.12. The van der Waals surface area contributed by atoms with Crippen molar-refractivity contribution < 1.29 is 9.59 Å². The fourth-order valence-corrected chi connectivity index (χ4v) is 2.58. The van der Waals surface area contributed by atoms with Gasteiger partial charge in [-0.25, -0.2) is 4.98 Å². The van der Waals surface area contributed by atoms with E-state index in [1.54, 1.807) is 37.4 Å². The lowest BCUT2D eigenvalue weighted by atomic mass is 10.1. The zero-order chi connectivity index (χ0) is 18.5. The molecule has 0 aliphatic heterocycles. The monoisotopic (exact) mass is 348 g/mol. The fraction of sp³-hybridized carbons (Fsp3) is 0.150. The molecule has 26 heavy (non-hydrogen) atoms. The van der Waals surface area contributed by atoms with E-state index in [0.29, 0.717) is 12.1 Å². The van der Waals surface area contributed by atoms with Gasteiger partial charge in [0.25, 0.3) is 5.91 Å². The summed E-state index contributed by atoms with van der Waals surface area (Å²) in [7, 11) is 1.59. The molecule has 3 aromatic rings. The predicted molar refractivity (Wildman–Crippen MR) is 101 cm³/mol. The van der Waals surface area contributed by atoms with Crippen LogP contribution in [0, 0.1) is 6.92 Å². The van der Waals surface area contributed by atoms with E-state index >= 15 is 0 Å². The molecule has 0 bridgehead atoms. The third-order valence-corrected chi connectivity index (χ3v) is 4.02. The molecule has 0 atom stereocenters. The Morgan fingerprint density at radius 3 is 2.62 bits per heavy atom. The van der Waals surface area contributed by atoms with Crippen molar-refractivity contribution in [3.05, 3.63) is 77.3 Å². The maximum absolute atomic E-state index is 12.0. The molecule has 0 fully saturated rings. The highest BCUT2D eigenvalue weighted by atomic mass is 16.2. The van der Waals surface area contributed by atoms with Crippen LogP contribution in [-0.2, 0) is 11.3 Å². The molecule has 0 saturated carbocycles. The van der Waals surface area contributed by atoms with Gasteiger partial charge in [-0.2, -0.15) is 0 Å². The molecular weight excluding hydrogens is 328 g/mol. The molecule has 0 saturated heterocycles. The second-order valence-electron chi connectivity index (χ2n) is 5.88. The topological polar surface area (TPSA) is 75.5 Å². The number of benzene rings is 1. The standard InChI is InChI=1S/C20H20N4O2/c1-14-4-3-5-18-23-17(13-24(14)18)12-22-19(25)11-8-15-6-9-16(10-7-15)20(26)21-2/h3-11,13H,12H2,1-2H3,(H,21,26)(H,22,25)/b11-8+. The summed E-state index contributed by atoms with van der Waals surface area (Å²) in [6, 6.07) is 12.9. The number of pyridine rings is 1. The van der Waals surface area contributed by atoms with Gasteiger partial charge in [0.15, 0.2) is 0 Å². The lowest BCUT2D eigenvalue weighted by molar-refractivity contribution is -0.116. The quantitative estimate of drug-likeness (QED) is 0.695. The number of hydrogen-bond donors (Lipinski definition) is 2. The van der Waals surface area contributed by atoms with E-state index in [1.165, 1.54) is 6.08 Å². The Morgan fingerprint density at radius 1 is 1.15 bits per heavy atom. The first-order chi connectivity index (χ1) is 12.6. The SMILES string of the molecule is CNC(=O)c1ccc(/C=C/C(=O)NCc2cn3c(C)cccc3n2)cc1. The summed E-state index contributed by atoms with van der Waals surface area (Å²) in [5.41, 5.74) is 4.18. The Labute approximate surface area is 151 Å². The van der Waals surface area contributed by atoms with Gasteiger partial charge in [-0.05, 0) is 42.8 Å². The van der Waals surface area contributed by atoms with E-state index in [1.807, 2.05) is 35.7 Å². The summed E-state index contributed by atoms with van der Waals surface area (Å²) in [4.78, 5) is 28.0. The molecule has 2 heterocycles.